The van der Waals surface area contributed by atoms with Gasteiger partial charge in [0.2, 0.25) is 0 Å². The second kappa shape index (κ2) is 5.78. The molecule has 2 aliphatic heterocycles. The lowest BCUT2D eigenvalue weighted by molar-refractivity contribution is 0.144. The van der Waals surface area contributed by atoms with E-state index in [1.54, 1.807) is 12.4 Å². The fraction of sp³-hybridized carbons (Fsp3) is 0.316. The molecule has 2 fully saturated rings. The number of aromatic nitrogens is 1. The quantitative estimate of drug-likeness (QED) is 0.932. The van der Waals surface area contributed by atoms with E-state index >= 15 is 0 Å². The Hall–Kier alpha value is -3.07. The lowest BCUT2D eigenvalue weighted by Crippen LogP contribution is -2.65. The molecule has 0 radical (unpaired) electrons. The van der Waals surface area contributed by atoms with Crippen LogP contribution in [-0.4, -0.2) is 46.8 Å². The van der Waals surface area contributed by atoms with Gasteiger partial charge in [-0.05, 0) is 18.1 Å². The number of hydrogen-bond acceptors (Lipinski definition) is 4. The van der Waals surface area contributed by atoms with Gasteiger partial charge in [-0.1, -0.05) is 30.3 Å². The van der Waals surface area contributed by atoms with Crippen molar-refractivity contribution in [3.63, 3.8) is 0 Å². The van der Waals surface area contributed by atoms with Gasteiger partial charge in [-0.25, -0.2) is 4.79 Å². The molecule has 1 amide bonds. The van der Waals surface area contributed by atoms with E-state index in [9.17, 15) is 9.90 Å². The molecule has 4 rings (SSSR count). The Labute approximate surface area is 145 Å². The van der Waals surface area contributed by atoms with E-state index < -0.39 is 6.09 Å². The summed E-state index contributed by atoms with van der Waals surface area (Å²) in [7, 11) is 0. The maximum atomic E-state index is 11.5. The Morgan fingerprint density at radius 3 is 2.84 bits per heavy atom. The molecule has 1 N–H and O–H groups in total. The van der Waals surface area contributed by atoms with Crippen LogP contribution in [0.5, 0.6) is 0 Å². The largest absolute Gasteiger partial charge is 0.465 e. The Balaban J connectivity index is 1.62. The first-order valence-corrected chi connectivity index (χ1v) is 8.25. The fourth-order valence-corrected chi connectivity index (χ4v) is 4.17. The minimum absolute atomic E-state index is 0.0810. The summed E-state index contributed by atoms with van der Waals surface area (Å²) in [5.41, 5.74) is 2.55. The number of hydrogen-bond donors (Lipinski definition) is 1. The first-order valence-electron chi connectivity index (χ1n) is 8.25. The molecule has 0 spiro atoms. The van der Waals surface area contributed by atoms with Crippen LogP contribution in [0.1, 0.15) is 11.1 Å². The van der Waals surface area contributed by atoms with Crippen LogP contribution in [0, 0.1) is 16.7 Å². The molecule has 2 atom stereocenters. The van der Waals surface area contributed by atoms with Gasteiger partial charge in [0.25, 0.3) is 0 Å². The molecule has 1 aromatic carbocycles. The van der Waals surface area contributed by atoms with Gasteiger partial charge >= 0.3 is 6.09 Å². The Morgan fingerprint density at radius 1 is 1.32 bits per heavy atom. The van der Waals surface area contributed by atoms with Crippen LogP contribution in [0.25, 0.3) is 0 Å². The number of nitriles is 1. The number of anilines is 1. The van der Waals surface area contributed by atoms with Crippen molar-refractivity contribution in [1.82, 2.24) is 9.88 Å². The van der Waals surface area contributed by atoms with Gasteiger partial charge in [-0.15, -0.1) is 0 Å². The first-order chi connectivity index (χ1) is 12.1. The first kappa shape index (κ1) is 15.5. The number of carboxylic acid groups (broad SMARTS) is 1. The summed E-state index contributed by atoms with van der Waals surface area (Å²) < 4.78 is 0. The molecule has 0 aliphatic carbocycles. The Morgan fingerprint density at radius 2 is 2.12 bits per heavy atom. The SMILES string of the molecule is N#Cc1cncc(N2C[C@]3(Cc4ccccc4)CN(C(=O)O)C[C@H]23)c1. The molecule has 2 saturated heterocycles. The average Bonchev–Trinajstić information content (AvgIpc) is 2.90. The summed E-state index contributed by atoms with van der Waals surface area (Å²) in [5, 5.41) is 18.5. The normalized spacial score (nSPS) is 24.4. The third-order valence-corrected chi connectivity index (χ3v) is 5.32. The molecule has 1 aromatic heterocycles. The minimum atomic E-state index is -0.870. The van der Waals surface area contributed by atoms with Crippen molar-refractivity contribution in [3.05, 3.63) is 59.9 Å². The molecular formula is C19H18N4O2. The van der Waals surface area contributed by atoms with Crippen LogP contribution in [0.2, 0.25) is 0 Å². The molecule has 3 heterocycles. The zero-order chi connectivity index (χ0) is 17.4. The zero-order valence-electron chi connectivity index (χ0n) is 13.7. The van der Waals surface area contributed by atoms with Gasteiger partial charge in [-0.2, -0.15) is 5.26 Å². The second-order valence-electron chi connectivity index (χ2n) is 6.88. The van der Waals surface area contributed by atoms with Crippen LogP contribution >= 0.6 is 0 Å². The summed E-state index contributed by atoms with van der Waals surface area (Å²) in [4.78, 5) is 19.3. The van der Waals surface area contributed by atoms with Gasteiger partial charge in [0.05, 0.1) is 23.5 Å². The van der Waals surface area contributed by atoms with Crippen molar-refractivity contribution in [3.8, 4) is 6.07 Å². The molecule has 25 heavy (non-hydrogen) atoms. The molecule has 2 aliphatic rings. The minimum Gasteiger partial charge on any atom is -0.465 e. The standard InChI is InChI=1S/C19H18N4O2/c20-8-15-6-16(10-21-9-15)23-13-19(7-14-4-2-1-3-5-14)12-22(18(24)25)11-17(19)23/h1-6,9-10,17H,7,11-13H2,(H,24,25)/t17-,19-/m0/s1. The van der Waals surface area contributed by atoms with Crippen molar-refractivity contribution >= 4 is 11.8 Å². The molecule has 126 valence electrons. The van der Waals surface area contributed by atoms with Crippen LogP contribution in [0.4, 0.5) is 10.5 Å². The van der Waals surface area contributed by atoms with Crippen molar-refractivity contribution < 1.29 is 9.90 Å². The van der Waals surface area contributed by atoms with Crippen molar-refractivity contribution in [2.75, 3.05) is 24.5 Å². The number of fused-ring (bicyclic) bond motifs is 1. The van der Waals surface area contributed by atoms with Crippen molar-refractivity contribution in [1.29, 1.82) is 5.26 Å². The third kappa shape index (κ3) is 2.58. The summed E-state index contributed by atoms with van der Waals surface area (Å²) in [6, 6.07) is 14.3. The zero-order valence-corrected chi connectivity index (χ0v) is 13.7. The summed E-state index contributed by atoms with van der Waals surface area (Å²) in [6.45, 7) is 1.80. The number of likely N-dealkylation sites (tertiary alicyclic amines) is 1. The molecule has 0 saturated carbocycles. The summed E-state index contributed by atoms with van der Waals surface area (Å²) in [5.74, 6) is 0. The predicted molar refractivity (Wildman–Crippen MR) is 92.3 cm³/mol. The lowest BCUT2D eigenvalue weighted by Gasteiger charge is -2.54. The van der Waals surface area contributed by atoms with Crippen molar-refractivity contribution in [2.24, 2.45) is 5.41 Å². The monoisotopic (exact) mass is 334 g/mol. The van der Waals surface area contributed by atoms with E-state index in [1.165, 1.54) is 10.5 Å². The van der Waals surface area contributed by atoms with Gasteiger partial charge in [-0.3, -0.25) is 4.98 Å². The molecule has 2 aromatic rings. The topological polar surface area (TPSA) is 80.5 Å². The molecule has 0 bridgehead atoms. The fourth-order valence-electron chi connectivity index (χ4n) is 4.17. The highest BCUT2D eigenvalue weighted by atomic mass is 16.4. The molecular weight excluding hydrogens is 316 g/mol. The summed E-state index contributed by atoms with van der Waals surface area (Å²) >= 11 is 0. The van der Waals surface area contributed by atoms with Crippen LogP contribution < -0.4 is 4.90 Å². The third-order valence-electron chi connectivity index (χ3n) is 5.32. The number of pyridine rings is 1. The number of amides is 1. The number of nitrogens with zero attached hydrogens (tertiary/aromatic N) is 4. The molecule has 0 unspecified atom stereocenters. The van der Waals surface area contributed by atoms with Crippen LogP contribution in [0.3, 0.4) is 0 Å². The van der Waals surface area contributed by atoms with Crippen molar-refractivity contribution in [2.45, 2.75) is 12.5 Å². The smallest absolute Gasteiger partial charge is 0.407 e. The molecule has 6 nitrogen and oxygen atoms in total. The number of rotatable bonds is 3. The van der Waals surface area contributed by atoms with E-state index in [1.807, 2.05) is 24.3 Å². The Bertz CT molecular complexity index is 848. The van der Waals surface area contributed by atoms with E-state index in [-0.39, 0.29) is 11.5 Å². The van der Waals surface area contributed by atoms with E-state index in [0.29, 0.717) is 18.7 Å². The predicted octanol–water partition coefficient (Wildman–Crippen LogP) is 2.36. The maximum absolute atomic E-state index is 11.5. The Kier molecular flexibility index (Phi) is 3.57. The highest BCUT2D eigenvalue weighted by Crippen LogP contribution is 2.48. The average molecular weight is 334 g/mol. The van der Waals surface area contributed by atoms with E-state index in [4.69, 9.17) is 5.26 Å². The van der Waals surface area contributed by atoms with Gasteiger partial charge in [0, 0.05) is 31.2 Å². The van der Waals surface area contributed by atoms with Gasteiger partial charge in [0.1, 0.15) is 6.07 Å². The molecule has 6 heteroatoms. The highest BCUT2D eigenvalue weighted by Gasteiger charge is 2.58. The van der Waals surface area contributed by atoms with Gasteiger partial charge in [0.15, 0.2) is 0 Å². The second-order valence-corrected chi connectivity index (χ2v) is 6.88. The van der Waals surface area contributed by atoms with Crippen LogP contribution in [-0.2, 0) is 6.42 Å². The van der Waals surface area contributed by atoms with Crippen LogP contribution in [0.15, 0.2) is 48.8 Å². The van der Waals surface area contributed by atoms with E-state index in [2.05, 4.69) is 28.1 Å². The highest BCUT2D eigenvalue weighted by molar-refractivity contribution is 5.67. The maximum Gasteiger partial charge on any atom is 0.407 e. The van der Waals surface area contributed by atoms with E-state index in [0.717, 1.165) is 18.7 Å². The van der Waals surface area contributed by atoms with Gasteiger partial charge < -0.3 is 14.9 Å². The number of benzene rings is 1. The summed E-state index contributed by atoms with van der Waals surface area (Å²) in [6.07, 6.45) is 3.27. The lowest BCUT2D eigenvalue weighted by atomic mass is 9.69. The number of carbonyl (C=O) groups is 1.